The van der Waals surface area contributed by atoms with Gasteiger partial charge in [-0.2, -0.15) is 0 Å². The first-order chi connectivity index (χ1) is 14.6. The lowest BCUT2D eigenvalue weighted by atomic mass is 10.3. The summed E-state index contributed by atoms with van der Waals surface area (Å²) in [5, 5.41) is 11.1. The Morgan fingerprint density at radius 3 is 1.65 bits per heavy atom. The zero-order valence-electron chi connectivity index (χ0n) is 17.6. The van der Waals surface area contributed by atoms with Crippen LogP contribution in [0.15, 0.2) is 18.2 Å². The maximum atomic E-state index is 12.5. The predicted octanol–water partition coefficient (Wildman–Crippen LogP) is 5.28. The Hall–Kier alpha value is -0.810. The lowest BCUT2D eigenvalue weighted by Crippen LogP contribution is -2.28. The maximum Gasteiger partial charge on any atom is 0.434 e. The van der Waals surface area contributed by atoms with E-state index in [1.807, 2.05) is 0 Å². The third-order valence-electron chi connectivity index (χ3n) is 3.15. The molecule has 0 fully saturated rings. The summed E-state index contributed by atoms with van der Waals surface area (Å²) in [7, 11) is -7.13. The van der Waals surface area contributed by atoms with Crippen molar-refractivity contribution < 1.29 is 27.2 Å². The molecule has 1 aromatic carbocycles. The van der Waals surface area contributed by atoms with Crippen LogP contribution in [0.1, 0.15) is 27.7 Å². The largest absolute Gasteiger partial charge is 0.434 e. The molecule has 15 heteroatoms. The van der Waals surface area contributed by atoms with Crippen LogP contribution < -0.4 is 20.8 Å². The number of nitrogens with one attached hydrogen (secondary N) is 4. The van der Waals surface area contributed by atoms with Crippen molar-refractivity contribution >= 4 is 73.1 Å². The summed E-state index contributed by atoms with van der Waals surface area (Å²) in [5.41, 5.74) is 0.957. The van der Waals surface area contributed by atoms with Crippen LogP contribution in [0.3, 0.4) is 0 Å². The Bertz CT molecular complexity index is 843. The second kappa shape index (κ2) is 13.7. The quantitative estimate of drug-likeness (QED) is 0.207. The standard InChI is InChI=1S/C16H27ClN4O6P2S2/c1-5-24-28(22,25-6-2)20-15(30)18-12-9-10-14(13(17)11-12)19-16(31)21-29(23,26-7-3)27-8-4/h9-11H,5-8H2,1-4H3,(H2,18,20,22,30)(H2,19,21,23,31). The van der Waals surface area contributed by atoms with Gasteiger partial charge in [-0.15, -0.1) is 0 Å². The molecule has 176 valence electrons. The number of halogens is 1. The fraction of sp³-hybridized carbons (Fsp3) is 0.500. The van der Waals surface area contributed by atoms with E-state index in [-0.39, 0.29) is 41.7 Å². The SMILES string of the molecule is CCOP(=O)(NC(=S)Nc1ccc(NC(=S)NP(=O)(OCC)OCC)c(Cl)c1)OCC. The van der Waals surface area contributed by atoms with E-state index in [2.05, 4.69) is 20.8 Å². The number of hydrogen-bond donors (Lipinski definition) is 4. The van der Waals surface area contributed by atoms with Gasteiger partial charge in [0.15, 0.2) is 10.2 Å². The second-order valence-electron chi connectivity index (χ2n) is 5.49. The van der Waals surface area contributed by atoms with Crippen LogP contribution in [-0.4, -0.2) is 36.7 Å². The van der Waals surface area contributed by atoms with Crippen molar-refractivity contribution in [3.8, 4) is 0 Å². The molecule has 0 aliphatic heterocycles. The average molecular weight is 533 g/mol. The van der Waals surface area contributed by atoms with E-state index in [9.17, 15) is 9.13 Å². The molecule has 0 saturated heterocycles. The average Bonchev–Trinajstić information content (AvgIpc) is 2.64. The van der Waals surface area contributed by atoms with E-state index in [0.29, 0.717) is 11.4 Å². The van der Waals surface area contributed by atoms with Crippen molar-refractivity contribution in [1.29, 1.82) is 0 Å². The minimum Gasteiger partial charge on any atom is -0.332 e. The van der Waals surface area contributed by atoms with Gasteiger partial charge in [-0.1, -0.05) is 11.6 Å². The van der Waals surface area contributed by atoms with Gasteiger partial charge in [0.1, 0.15) is 0 Å². The van der Waals surface area contributed by atoms with Crippen molar-refractivity contribution in [2.24, 2.45) is 0 Å². The first kappa shape index (κ1) is 28.2. The highest BCUT2D eigenvalue weighted by atomic mass is 35.5. The number of benzene rings is 1. The van der Waals surface area contributed by atoms with Crippen LogP contribution in [0.2, 0.25) is 5.02 Å². The van der Waals surface area contributed by atoms with E-state index in [1.54, 1.807) is 45.9 Å². The fourth-order valence-electron chi connectivity index (χ4n) is 2.14. The molecular formula is C16H27ClN4O6P2S2. The normalized spacial score (nSPS) is 11.6. The van der Waals surface area contributed by atoms with Crippen LogP contribution in [0, 0.1) is 0 Å². The minimum atomic E-state index is -3.57. The lowest BCUT2D eigenvalue weighted by molar-refractivity contribution is 0.215. The van der Waals surface area contributed by atoms with Gasteiger partial charge in [-0.25, -0.2) is 9.13 Å². The Morgan fingerprint density at radius 1 is 0.839 bits per heavy atom. The zero-order chi connectivity index (χ0) is 23.5. The molecule has 31 heavy (non-hydrogen) atoms. The molecule has 0 bridgehead atoms. The zero-order valence-corrected chi connectivity index (χ0v) is 21.8. The first-order valence-corrected chi connectivity index (χ1v) is 13.6. The molecule has 10 nitrogen and oxygen atoms in total. The van der Waals surface area contributed by atoms with Gasteiger partial charge in [0.2, 0.25) is 0 Å². The topological polar surface area (TPSA) is 119 Å². The van der Waals surface area contributed by atoms with Gasteiger partial charge in [0.25, 0.3) is 0 Å². The van der Waals surface area contributed by atoms with Gasteiger partial charge < -0.3 is 10.6 Å². The molecule has 4 N–H and O–H groups in total. The molecule has 0 heterocycles. The summed E-state index contributed by atoms with van der Waals surface area (Å²) in [6, 6.07) is 4.84. The molecule has 0 aliphatic rings. The third-order valence-corrected chi connectivity index (χ3v) is 7.56. The van der Waals surface area contributed by atoms with Gasteiger partial charge in [0, 0.05) is 5.69 Å². The minimum absolute atomic E-state index is 0.0133. The van der Waals surface area contributed by atoms with E-state index < -0.39 is 15.5 Å². The van der Waals surface area contributed by atoms with Gasteiger partial charge >= 0.3 is 15.5 Å². The molecule has 0 radical (unpaired) electrons. The highest BCUT2D eigenvalue weighted by molar-refractivity contribution is 7.81. The second-order valence-corrected chi connectivity index (χ2v) is 10.2. The first-order valence-electron chi connectivity index (χ1n) is 9.36. The summed E-state index contributed by atoms with van der Waals surface area (Å²) in [6.07, 6.45) is 0. The summed E-state index contributed by atoms with van der Waals surface area (Å²) in [5.74, 6) is 0. The van der Waals surface area contributed by atoms with Crippen molar-refractivity contribution in [2.45, 2.75) is 27.7 Å². The van der Waals surface area contributed by atoms with Crippen LogP contribution in [0.25, 0.3) is 0 Å². The molecule has 0 unspecified atom stereocenters. The molecule has 0 amide bonds. The molecule has 0 aromatic heterocycles. The summed E-state index contributed by atoms with van der Waals surface area (Å²) < 4.78 is 45.5. The molecule has 1 aromatic rings. The lowest BCUT2D eigenvalue weighted by Gasteiger charge is -2.20. The Labute approximate surface area is 198 Å². The molecule has 1 rings (SSSR count). The predicted molar refractivity (Wildman–Crippen MR) is 132 cm³/mol. The van der Waals surface area contributed by atoms with Gasteiger partial charge in [-0.3, -0.25) is 28.3 Å². The number of hydrogen-bond acceptors (Lipinski definition) is 8. The van der Waals surface area contributed by atoms with Gasteiger partial charge in [-0.05, 0) is 70.3 Å². The van der Waals surface area contributed by atoms with E-state index in [0.717, 1.165) is 0 Å². The van der Waals surface area contributed by atoms with E-state index >= 15 is 0 Å². The highest BCUT2D eigenvalue weighted by Gasteiger charge is 2.26. The monoisotopic (exact) mass is 532 g/mol. The number of thiocarbonyl (C=S) groups is 2. The molecule has 0 aliphatic carbocycles. The summed E-state index contributed by atoms with van der Waals surface area (Å²) in [6.45, 7) is 7.50. The van der Waals surface area contributed by atoms with Crippen molar-refractivity contribution in [3.63, 3.8) is 0 Å². The highest BCUT2D eigenvalue weighted by Crippen LogP contribution is 2.44. The Kier molecular flexibility index (Phi) is 12.4. The van der Waals surface area contributed by atoms with Crippen LogP contribution in [-0.2, 0) is 27.2 Å². The van der Waals surface area contributed by atoms with E-state index in [1.165, 1.54) is 0 Å². The number of rotatable bonds is 12. The van der Waals surface area contributed by atoms with Crippen molar-refractivity contribution in [3.05, 3.63) is 23.2 Å². The molecule has 0 atom stereocenters. The van der Waals surface area contributed by atoms with Crippen molar-refractivity contribution in [2.75, 3.05) is 37.1 Å². The van der Waals surface area contributed by atoms with E-state index in [4.69, 9.17) is 54.1 Å². The molecule has 0 spiro atoms. The maximum absolute atomic E-state index is 12.5. The van der Waals surface area contributed by atoms with Crippen LogP contribution in [0.4, 0.5) is 11.4 Å². The molecular weight excluding hydrogens is 506 g/mol. The third kappa shape index (κ3) is 10.1. The fourth-order valence-corrected chi connectivity index (χ4v) is 5.64. The molecule has 0 saturated carbocycles. The van der Waals surface area contributed by atoms with Gasteiger partial charge in [0.05, 0.1) is 37.1 Å². The Balaban J connectivity index is 2.78. The number of anilines is 2. The van der Waals surface area contributed by atoms with Crippen molar-refractivity contribution in [1.82, 2.24) is 10.2 Å². The van der Waals surface area contributed by atoms with Crippen LogP contribution >= 0.6 is 51.5 Å². The summed E-state index contributed by atoms with van der Waals surface area (Å²) in [4.78, 5) is 0. The van der Waals surface area contributed by atoms with Crippen LogP contribution in [0.5, 0.6) is 0 Å². The smallest absolute Gasteiger partial charge is 0.332 e. The Morgan fingerprint density at radius 2 is 1.26 bits per heavy atom. The summed E-state index contributed by atoms with van der Waals surface area (Å²) >= 11 is 16.6.